The van der Waals surface area contributed by atoms with Crippen LogP contribution in [0, 0.1) is 11.8 Å². The van der Waals surface area contributed by atoms with E-state index in [1.807, 2.05) is 26.0 Å². The molecule has 1 aromatic carbocycles. The van der Waals surface area contributed by atoms with Crippen molar-refractivity contribution in [3.63, 3.8) is 0 Å². The zero-order valence-electron chi connectivity index (χ0n) is 12.5. The summed E-state index contributed by atoms with van der Waals surface area (Å²) in [5, 5.41) is 3.40. The molecule has 0 aliphatic carbocycles. The first-order valence-electron chi connectivity index (χ1n) is 7.66. The van der Waals surface area contributed by atoms with Crippen molar-refractivity contribution in [1.82, 2.24) is 5.32 Å². The second-order valence-corrected chi connectivity index (χ2v) is 5.95. The zero-order valence-corrected chi connectivity index (χ0v) is 12.5. The van der Waals surface area contributed by atoms with E-state index in [0.717, 1.165) is 25.4 Å². The molecule has 0 radical (unpaired) electrons. The van der Waals surface area contributed by atoms with Crippen LogP contribution in [0.4, 0.5) is 0 Å². The Bertz CT molecular complexity index is 419. The fourth-order valence-corrected chi connectivity index (χ4v) is 2.50. The van der Waals surface area contributed by atoms with Crippen LogP contribution in [0.3, 0.4) is 0 Å². The van der Waals surface area contributed by atoms with Crippen molar-refractivity contribution in [1.29, 1.82) is 0 Å². The summed E-state index contributed by atoms with van der Waals surface area (Å²) in [7, 11) is 0. The van der Waals surface area contributed by atoms with Crippen LogP contribution < -0.4 is 10.1 Å². The van der Waals surface area contributed by atoms with Crippen LogP contribution in [-0.4, -0.2) is 19.1 Å². The Morgan fingerprint density at radius 2 is 1.90 bits per heavy atom. The van der Waals surface area contributed by atoms with Crippen LogP contribution in [0.1, 0.15) is 38.7 Å². The van der Waals surface area contributed by atoms with Crippen molar-refractivity contribution in [3.8, 4) is 5.75 Å². The van der Waals surface area contributed by atoms with Gasteiger partial charge in [0.05, 0.1) is 5.92 Å². The van der Waals surface area contributed by atoms with Crippen LogP contribution >= 0.6 is 0 Å². The maximum atomic E-state index is 11.5. The minimum atomic E-state index is -0.174. The SMILES string of the molecule is CC(C)C(=O)Oc1ccc(CCC2CCNCC2)cc1. The van der Waals surface area contributed by atoms with Crippen LogP contribution in [-0.2, 0) is 11.2 Å². The summed E-state index contributed by atoms with van der Waals surface area (Å²) >= 11 is 0. The summed E-state index contributed by atoms with van der Waals surface area (Å²) in [5.74, 6) is 1.24. The third-order valence-corrected chi connectivity index (χ3v) is 3.91. The van der Waals surface area contributed by atoms with E-state index in [2.05, 4.69) is 17.4 Å². The number of carbonyl (C=O) groups is 1. The summed E-state index contributed by atoms with van der Waals surface area (Å²) in [6, 6.07) is 7.95. The Balaban J connectivity index is 1.80. The fourth-order valence-electron chi connectivity index (χ4n) is 2.50. The molecule has 1 N–H and O–H groups in total. The van der Waals surface area contributed by atoms with Crippen LogP contribution in [0.15, 0.2) is 24.3 Å². The van der Waals surface area contributed by atoms with E-state index in [9.17, 15) is 4.79 Å². The fraction of sp³-hybridized carbons (Fsp3) is 0.588. The number of carbonyl (C=O) groups excluding carboxylic acids is 1. The van der Waals surface area contributed by atoms with Gasteiger partial charge in [-0.3, -0.25) is 4.79 Å². The average Bonchev–Trinajstić information content (AvgIpc) is 2.47. The van der Waals surface area contributed by atoms with E-state index in [1.54, 1.807) is 0 Å². The average molecular weight is 275 g/mol. The Kier molecular flexibility index (Phi) is 5.60. The minimum Gasteiger partial charge on any atom is -0.426 e. The molecule has 1 aromatic rings. The molecule has 3 nitrogen and oxygen atoms in total. The maximum absolute atomic E-state index is 11.5. The van der Waals surface area contributed by atoms with Gasteiger partial charge in [0.15, 0.2) is 0 Å². The molecule has 1 heterocycles. The van der Waals surface area contributed by atoms with Gasteiger partial charge in [-0.1, -0.05) is 26.0 Å². The highest BCUT2D eigenvalue weighted by atomic mass is 16.5. The van der Waals surface area contributed by atoms with Gasteiger partial charge < -0.3 is 10.1 Å². The summed E-state index contributed by atoms with van der Waals surface area (Å²) in [4.78, 5) is 11.5. The van der Waals surface area contributed by atoms with Gasteiger partial charge in [0.1, 0.15) is 5.75 Å². The van der Waals surface area contributed by atoms with Crippen LogP contribution in [0.25, 0.3) is 0 Å². The highest BCUT2D eigenvalue weighted by Gasteiger charge is 2.13. The molecule has 0 bridgehead atoms. The monoisotopic (exact) mass is 275 g/mol. The number of esters is 1. The van der Waals surface area contributed by atoms with Crippen molar-refractivity contribution in [2.75, 3.05) is 13.1 Å². The molecule has 1 saturated heterocycles. The highest BCUT2D eigenvalue weighted by molar-refractivity contribution is 5.74. The van der Waals surface area contributed by atoms with E-state index >= 15 is 0 Å². The van der Waals surface area contributed by atoms with E-state index in [1.165, 1.54) is 24.8 Å². The molecule has 2 rings (SSSR count). The Morgan fingerprint density at radius 1 is 1.25 bits per heavy atom. The minimum absolute atomic E-state index is 0.0883. The first-order valence-corrected chi connectivity index (χ1v) is 7.66. The van der Waals surface area contributed by atoms with Crippen molar-refractivity contribution >= 4 is 5.97 Å². The lowest BCUT2D eigenvalue weighted by atomic mass is 9.91. The molecule has 110 valence electrons. The van der Waals surface area contributed by atoms with Gasteiger partial charge in [-0.2, -0.15) is 0 Å². The summed E-state index contributed by atoms with van der Waals surface area (Å²) in [6.45, 7) is 6.01. The third-order valence-electron chi connectivity index (χ3n) is 3.91. The Hall–Kier alpha value is -1.35. The topological polar surface area (TPSA) is 38.3 Å². The summed E-state index contributed by atoms with van der Waals surface area (Å²) in [6.07, 6.45) is 4.96. The standard InChI is InChI=1S/C17H25NO2/c1-13(2)17(19)20-16-7-5-14(6-8-16)3-4-15-9-11-18-12-10-15/h5-8,13,15,18H,3-4,9-12H2,1-2H3. The molecular weight excluding hydrogens is 250 g/mol. The summed E-state index contributed by atoms with van der Waals surface area (Å²) in [5.41, 5.74) is 1.33. The number of hydrogen-bond donors (Lipinski definition) is 1. The predicted octanol–water partition coefficient (Wildman–Crippen LogP) is 3.18. The number of aryl methyl sites for hydroxylation is 1. The number of hydrogen-bond acceptors (Lipinski definition) is 3. The second kappa shape index (κ2) is 7.44. The lowest BCUT2D eigenvalue weighted by molar-refractivity contribution is -0.137. The molecule has 1 aliphatic rings. The van der Waals surface area contributed by atoms with E-state index < -0.39 is 0 Å². The van der Waals surface area contributed by atoms with Gasteiger partial charge in [-0.15, -0.1) is 0 Å². The van der Waals surface area contributed by atoms with Crippen molar-refractivity contribution in [2.24, 2.45) is 11.8 Å². The zero-order chi connectivity index (χ0) is 14.4. The molecule has 0 saturated carbocycles. The molecule has 0 aromatic heterocycles. The highest BCUT2D eigenvalue weighted by Crippen LogP contribution is 2.20. The largest absolute Gasteiger partial charge is 0.426 e. The quantitative estimate of drug-likeness (QED) is 0.662. The molecule has 0 amide bonds. The van der Waals surface area contributed by atoms with Gasteiger partial charge in [0.25, 0.3) is 0 Å². The predicted molar refractivity (Wildman–Crippen MR) is 80.8 cm³/mol. The molecule has 1 aliphatic heterocycles. The van der Waals surface area contributed by atoms with Gasteiger partial charge in [0, 0.05) is 0 Å². The number of nitrogens with one attached hydrogen (secondary N) is 1. The van der Waals surface area contributed by atoms with E-state index in [0.29, 0.717) is 5.75 Å². The normalized spacial score (nSPS) is 16.4. The molecule has 3 heteroatoms. The van der Waals surface area contributed by atoms with Gasteiger partial charge in [-0.25, -0.2) is 0 Å². The lowest BCUT2D eigenvalue weighted by Crippen LogP contribution is -2.27. The molecule has 1 fully saturated rings. The number of benzene rings is 1. The Morgan fingerprint density at radius 3 is 2.50 bits per heavy atom. The van der Waals surface area contributed by atoms with Crippen molar-refractivity contribution in [3.05, 3.63) is 29.8 Å². The molecular formula is C17H25NO2. The van der Waals surface area contributed by atoms with Crippen molar-refractivity contribution in [2.45, 2.75) is 39.5 Å². The molecule has 20 heavy (non-hydrogen) atoms. The molecule has 0 atom stereocenters. The first kappa shape index (κ1) is 15.0. The number of piperidine rings is 1. The second-order valence-electron chi connectivity index (χ2n) is 5.95. The van der Waals surface area contributed by atoms with Crippen molar-refractivity contribution < 1.29 is 9.53 Å². The van der Waals surface area contributed by atoms with E-state index in [4.69, 9.17) is 4.74 Å². The smallest absolute Gasteiger partial charge is 0.313 e. The van der Waals surface area contributed by atoms with Crippen LogP contribution in [0.2, 0.25) is 0 Å². The van der Waals surface area contributed by atoms with Crippen LogP contribution in [0.5, 0.6) is 5.75 Å². The molecule has 0 spiro atoms. The van der Waals surface area contributed by atoms with Gasteiger partial charge in [-0.05, 0) is 62.4 Å². The number of ether oxygens (including phenoxy) is 1. The molecule has 0 unspecified atom stereocenters. The Labute approximate surface area is 121 Å². The first-order chi connectivity index (χ1) is 9.65. The maximum Gasteiger partial charge on any atom is 0.313 e. The van der Waals surface area contributed by atoms with Gasteiger partial charge in [0.2, 0.25) is 0 Å². The van der Waals surface area contributed by atoms with Gasteiger partial charge >= 0.3 is 5.97 Å². The number of rotatable bonds is 5. The summed E-state index contributed by atoms with van der Waals surface area (Å²) < 4.78 is 5.28. The van der Waals surface area contributed by atoms with E-state index in [-0.39, 0.29) is 11.9 Å². The lowest BCUT2D eigenvalue weighted by Gasteiger charge is -2.22. The third kappa shape index (κ3) is 4.64.